The summed E-state index contributed by atoms with van der Waals surface area (Å²) in [6, 6.07) is 6.80. The summed E-state index contributed by atoms with van der Waals surface area (Å²) in [7, 11) is 0. The fourth-order valence-corrected chi connectivity index (χ4v) is 2.36. The van der Waals surface area contributed by atoms with Gasteiger partial charge < -0.3 is 15.5 Å². The van der Waals surface area contributed by atoms with Crippen LogP contribution in [0.3, 0.4) is 0 Å². The number of carbonyl (C=O) groups excluding carboxylic acids is 1. The highest BCUT2D eigenvalue weighted by atomic mass is 35.5. The van der Waals surface area contributed by atoms with Crippen LogP contribution in [0, 0.1) is 6.92 Å². The van der Waals surface area contributed by atoms with Crippen LogP contribution in [0.1, 0.15) is 16.1 Å². The average Bonchev–Trinajstić information content (AvgIpc) is 3.12. The number of carboxylic acids is 1. The SMILES string of the molecule is Cc1c(-c2nnn(-c3ccc(Cl)cc3)n2)cnc(C(=O)NCC(=O)O)c1O. The van der Waals surface area contributed by atoms with Crippen molar-refractivity contribution in [2.75, 3.05) is 6.54 Å². The molecule has 0 spiro atoms. The molecule has 1 aromatic carbocycles. The standard InChI is InChI=1S/C16H13ClN6O4/c1-8-11(6-18-13(14(8)26)16(27)19-7-12(24)25)15-20-22-23(21-15)10-4-2-9(17)3-5-10/h2-6,26H,7H2,1H3,(H,19,27)(H,24,25). The number of tetrazole rings is 1. The van der Waals surface area contributed by atoms with E-state index in [0.717, 1.165) is 0 Å². The summed E-state index contributed by atoms with van der Waals surface area (Å²) >= 11 is 5.85. The van der Waals surface area contributed by atoms with Gasteiger partial charge >= 0.3 is 5.97 Å². The molecule has 0 aliphatic carbocycles. The monoisotopic (exact) mass is 388 g/mol. The second kappa shape index (κ2) is 7.38. The summed E-state index contributed by atoms with van der Waals surface area (Å²) < 4.78 is 0. The lowest BCUT2D eigenvalue weighted by Crippen LogP contribution is -2.30. The molecule has 0 aliphatic rings. The molecule has 10 nitrogen and oxygen atoms in total. The quantitative estimate of drug-likeness (QED) is 0.591. The topological polar surface area (TPSA) is 143 Å². The van der Waals surface area contributed by atoms with Crippen LogP contribution >= 0.6 is 11.6 Å². The van der Waals surface area contributed by atoms with Crippen molar-refractivity contribution >= 4 is 23.5 Å². The van der Waals surface area contributed by atoms with Gasteiger partial charge in [-0.05, 0) is 36.4 Å². The number of aromatic hydroxyl groups is 1. The molecule has 0 atom stereocenters. The van der Waals surface area contributed by atoms with E-state index in [1.165, 1.54) is 11.0 Å². The average molecular weight is 389 g/mol. The third kappa shape index (κ3) is 3.85. The summed E-state index contributed by atoms with van der Waals surface area (Å²) in [6.45, 7) is 0.973. The van der Waals surface area contributed by atoms with Crippen molar-refractivity contribution in [3.8, 4) is 22.8 Å². The summed E-state index contributed by atoms with van der Waals surface area (Å²) in [4.78, 5) is 27.6. The molecular weight excluding hydrogens is 376 g/mol. The fourth-order valence-electron chi connectivity index (χ4n) is 2.23. The minimum absolute atomic E-state index is 0.197. The molecule has 0 aliphatic heterocycles. The van der Waals surface area contributed by atoms with E-state index in [-0.39, 0.29) is 11.5 Å². The van der Waals surface area contributed by atoms with Crippen molar-refractivity contribution in [3.63, 3.8) is 0 Å². The Balaban J connectivity index is 1.90. The number of hydrogen-bond donors (Lipinski definition) is 3. The number of carbonyl (C=O) groups is 2. The van der Waals surface area contributed by atoms with Crippen molar-refractivity contribution in [3.05, 3.63) is 46.7 Å². The highest BCUT2D eigenvalue weighted by Crippen LogP contribution is 2.28. The predicted octanol–water partition coefficient (Wildman–Crippen LogP) is 1.21. The number of aliphatic carboxylic acids is 1. The van der Waals surface area contributed by atoms with Gasteiger partial charge in [-0.2, -0.15) is 0 Å². The number of rotatable bonds is 5. The molecule has 0 bridgehead atoms. The lowest BCUT2D eigenvalue weighted by atomic mass is 10.1. The van der Waals surface area contributed by atoms with Gasteiger partial charge in [0.05, 0.1) is 5.69 Å². The maximum Gasteiger partial charge on any atom is 0.322 e. The van der Waals surface area contributed by atoms with E-state index in [1.807, 2.05) is 0 Å². The van der Waals surface area contributed by atoms with Gasteiger partial charge in [-0.15, -0.1) is 15.0 Å². The van der Waals surface area contributed by atoms with Gasteiger partial charge in [0, 0.05) is 22.3 Å². The molecule has 138 valence electrons. The van der Waals surface area contributed by atoms with Crippen molar-refractivity contribution < 1.29 is 19.8 Å². The molecule has 3 rings (SSSR count). The van der Waals surface area contributed by atoms with E-state index >= 15 is 0 Å². The predicted molar refractivity (Wildman–Crippen MR) is 93.8 cm³/mol. The minimum atomic E-state index is -1.21. The van der Waals surface area contributed by atoms with Crippen LogP contribution in [-0.2, 0) is 4.79 Å². The molecule has 11 heteroatoms. The van der Waals surface area contributed by atoms with Gasteiger partial charge in [-0.25, -0.2) is 4.98 Å². The van der Waals surface area contributed by atoms with E-state index < -0.39 is 24.2 Å². The van der Waals surface area contributed by atoms with E-state index in [2.05, 4.69) is 25.7 Å². The Kier molecular flexibility index (Phi) is 4.99. The smallest absolute Gasteiger partial charge is 0.322 e. The van der Waals surface area contributed by atoms with Crippen molar-refractivity contribution in [2.24, 2.45) is 0 Å². The van der Waals surface area contributed by atoms with Crippen LogP contribution in [-0.4, -0.2) is 53.8 Å². The molecular formula is C16H13ClN6O4. The molecule has 3 N–H and O–H groups in total. The second-order valence-corrected chi connectivity index (χ2v) is 5.89. The first-order valence-electron chi connectivity index (χ1n) is 7.61. The number of carboxylic acid groups (broad SMARTS) is 1. The largest absolute Gasteiger partial charge is 0.505 e. The third-order valence-corrected chi connectivity index (χ3v) is 3.89. The summed E-state index contributed by atoms with van der Waals surface area (Å²) in [5.74, 6) is -2.21. The summed E-state index contributed by atoms with van der Waals surface area (Å²) in [6.07, 6.45) is 1.31. The van der Waals surface area contributed by atoms with Crippen LogP contribution in [0.25, 0.3) is 17.1 Å². The molecule has 3 aromatic rings. The van der Waals surface area contributed by atoms with Gasteiger partial charge in [-0.3, -0.25) is 9.59 Å². The lowest BCUT2D eigenvalue weighted by molar-refractivity contribution is -0.135. The van der Waals surface area contributed by atoms with Crippen LogP contribution < -0.4 is 5.32 Å². The number of amides is 1. The van der Waals surface area contributed by atoms with Gasteiger partial charge in [-0.1, -0.05) is 11.6 Å². The van der Waals surface area contributed by atoms with Crippen LogP contribution in [0.2, 0.25) is 5.02 Å². The number of aromatic nitrogens is 5. The molecule has 2 heterocycles. The number of halogens is 1. The van der Waals surface area contributed by atoms with Crippen molar-refractivity contribution in [2.45, 2.75) is 6.92 Å². The Labute approximate surface area is 157 Å². The molecule has 2 aromatic heterocycles. The highest BCUT2D eigenvalue weighted by Gasteiger charge is 2.20. The summed E-state index contributed by atoms with van der Waals surface area (Å²) in [5, 5.41) is 33.7. The second-order valence-electron chi connectivity index (χ2n) is 5.45. The number of nitrogens with zero attached hydrogens (tertiary/aromatic N) is 5. The van der Waals surface area contributed by atoms with E-state index in [0.29, 0.717) is 21.8 Å². The zero-order valence-electron chi connectivity index (χ0n) is 13.9. The normalized spacial score (nSPS) is 10.6. The number of benzene rings is 1. The Bertz CT molecular complexity index is 1020. The summed E-state index contributed by atoms with van der Waals surface area (Å²) in [5.41, 5.74) is 1.03. The molecule has 0 unspecified atom stereocenters. The number of hydrogen-bond acceptors (Lipinski definition) is 7. The zero-order valence-corrected chi connectivity index (χ0v) is 14.7. The first kappa shape index (κ1) is 18.3. The molecule has 0 radical (unpaired) electrons. The van der Waals surface area contributed by atoms with Gasteiger partial charge in [0.15, 0.2) is 11.4 Å². The van der Waals surface area contributed by atoms with E-state index in [4.69, 9.17) is 16.7 Å². The van der Waals surface area contributed by atoms with Crippen molar-refractivity contribution in [1.82, 2.24) is 30.5 Å². The van der Waals surface area contributed by atoms with Gasteiger partial charge in [0.1, 0.15) is 6.54 Å². The lowest BCUT2D eigenvalue weighted by Gasteiger charge is -2.08. The Morgan fingerprint density at radius 2 is 1.96 bits per heavy atom. The van der Waals surface area contributed by atoms with Crippen LogP contribution in [0.4, 0.5) is 0 Å². The Morgan fingerprint density at radius 1 is 1.26 bits per heavy atom. The van der Waals surface area contributed by atoms with Crippen LogP contribution in [0.5, 0.6) is 5.75 Å². The maximum absolute atomic E-state index is 11.9. The molecule has 0 saturated heterocycles. The van der Waals surface area contributed by atoms with Crippen molar-refractivity contribution in [1.29, 1.82) is 0 Å². The fraction of sp³-hybridized carbons (Fsp3) is 0.125. The molecule has 0 saturated carbocycles. The number of pyridine rings is 1. The first-order valence-corrected chi connectivity index (χ1v) is 7.99. The molecule has 27 heavy (non-hydrogen) atoms. The Hall–Kier alpha value is -3.53. The number of nitrogens with one attached hydrogen (secondary N) is 1. The van der Waals surface area contributed by atoms with E-state index in [1.54, 1.807) is 31.2 Å². The van der Waals surface area contributed by atoms with E-state index in [9.17, 15) is 14.7 Å². The van der Waals surface area contributed by atoms with Gasteiger partial charge in [0.25, 0.3) is 5.91 Å². The Morgan fingerprint density at radius 3 is 2.63 bits per heavy atom. The highest BCUT2D eigenvalue weighted by molar-refractivity contribution is 6.30. The zero-order chi connectivity index (χ0) is 19.6. The molecule has 1 amide bonds. The molecule has 0 fully saturated rings. The maximum atomic E-state index is 11.9. The van der Waals surface area contributed by atoms with Gasteiger partial charge in [0.2, 0.25) is 5.82 Å². The van der Waals surface area contributed by atoms with Crippen LogP contribution in [0.15, 0.2) is 30.5 Å². The third-order valence-electron chi connectivity index (χ3n) is 3.63. The first-order chi connectivity index (χ1) is 12.9. The minimum Gasteiger partial charge on any atom is -0.505 e.